The van der Waals surface area contributed by atoms with E-state index in [0.717, 1.165) is 35.7 Å². The minimum absolute atomic E-state index is 0.261. The van der Waals surface area contributed by atoms with Crippen molar-refractivity contribution in [1.82, 2.24) is 4.57 Å². The second-order valence-corrected chi connectivity index (χ2v) is 6.88. The Labute approximate surface area is 145 Å². The lowest BCUT2D eigenvalue weighted by Crippen LogP contribution is -2.13. The standard InChI is InChI=1S/C21H20FNO2/c1-13-4-2-5-16-17-6-3-7-18(21(24)25)20(17)23(19(13)16)12-14-8-10-15(22)11-9-14/h3,6-11,13H,2,4-5,12H2,1H3,(H,24,25). The fourth-order valence-corrected chi connectivity index (χ4v) is 4.16. The highest BCUT2D eigenvalue weighted by molar-refractivity contribution is 6.04. The zero-order valence-corrected chi connectivity index (χ0v) is 14.1. The molecule has 1 heterocycles. The van der Waals surface area contributed by atoms with Gasteiger partial charge in [0, 0.05) is 17.6 Å². The number of aryl methyl sites for hydroxylation is 1. The number of fused-ring (bicyclic) bond motifs is 3. The van der Waals surface area contributed by atoms with Crippen molar-refractivity contribution in [2.24, 2.45) is 0 Å². The summed E-state index contributed by atoms with van der Waals surface area (Å²) in [5, 5.41) is 10.7. The summed E-state index contributed by atoms with van der Waals surface area (Å²) in [6.07, 6.45) is 3.21. The summed E-state index contributed by atoms with van der Waals surface area (Å²) in [5.74, 6) is -0.783. The largest absolute Gasteiger partial charge is 0.478 e. The van der Waals surface area contributed by atoms with E-state index < -0.39 is 5.97 Å². The van der Waals surface area contributed by atoms with E-state index >= 15 is 0 Å². The maximum atomic E-state index is 13.2. The van der Waals surface area contributed by atoms with Gasteiger partial charge in [0.1, 0.15) is 5.82 Å². The molecule has 1 N–H and O–H groups in total. The van der Waals surface area contributed by atoms with E-state index in [1.165, 1.54) is 23.4 Å². The quantitative estimate of drug-likeness (QED) is 0.733. The molecular formula is C21H20FNO2. The predicted molar refractivity (Wildman–Crippen MR) is 95.8 cm³/mol. The molecular weight excluding hydrogens is 317 g/mol. The number of rotatable bonds is 3. The van der Waals surface area contributed by atoms with E-state index in [1.54, 1.807) is 18.2 Å². The number of hydrogen-bond acceptors (Lipinski definition) is 1. The first-order valence-electron chi connectivity index (χ1n) is 8.68. The average Bonchev–Trinajstić information content (AvgIpc) is 2.92. The number of para-hydroxylation sites is 1. The molecule has 0 aliphatic heterocycles. The van der Waals surface area contributed by atoms with E-state index in [1.807, 2.05) is 12.1 Å². The summed E-state index contributed by atoms with van der Waals surface area (Å²) in [6, 6.07) is 12.0. The Bertz CT molecular complexity index is 956. The molecule has 0 saturated carbocycles. The van der Waals surface area contributed by atoms with Crippen molar-refractivity contribution in [3.63, 3.8) is 0 Å². The van der Waals surface area contributed by atoms with Crippen LogP contribution in [-0.2, 0) is 13.0 Å². The lowest BCUT2D eigenvalue weighted by atomic mass is 9.88. The first-order chi connectivity index (χ1) is 12.1. The molecule has 3 aromatic rings. The van der Waals surface area contributed by atoms with Crippen LogP contribution in [0.1, 0.15) is 52.9 Å². The number of hydrogen-bond donors (Lipinski definition) is 1. The van der Waals surface area contributed by atoms with Gasteiger partial charge >= 0.3 is 5.97 Å². The molecule has 1 unspecified atom stereocenters. The molecule has 1 aliphatic rings. The minimum Gasteiger partial charge on any atom is -0.478 e. The molecule has 0 amide bonds. The van der Waals surface area contributed by atoms with E-state index in [0.29, 0.717) is 18.0 Å². The predicted octanol–water partition coefficient (Wildman–Crippen LogP) is 4.97. The average molecular weight is 337 g/mol. The van der Waals surface area contributed by atoms with E-state index in [4.69, 9.17) is 0 Å². The van der Waals surface area contributed by atoms with Crippen molar-refractivity contribution < 1.29 is 14.3 Å². The maximum absolute atomic E-state index is 13.2. The summed E-state index contributed by atoms with van der Waals surface area (Å²) in [5.41, 5.74) is 4.61. The molecule has 0 radical (unpaired) electrons. The third kappa shape index (κ3) is 2.62. The molecule has 128 valence electrons. The van der Waals surface area contributed by atoms with Crippen LogP contribution in [0.2, 0.25) is 0 Å². The van der Waals surface area contributed by atoms with Crippen molar-refractivity contribution in [3.05, 3.63) is 70.7 Å². The second kappa shape index (κ2) is 6.03. The van der Waals surface area contributed by atoms with Crippen molar-refractivity contribution in [2.45, 2.75) is 38.6 Å². The number of carbonyl (C=O) groups is 1. The highest BCUT2D eigenvalue weighted by Crippen LogP contribution is 2.39. The number of aromatic carboxylic acids is 1. The molecule has 0 saturated heterocycles. The zero-order valence-electron chi connectivity index (χ0n) is 14.1. The molecule has 4 rings (SSSR count). The molecule has 2 aromatic carbocycles. The molecule has 1 aromatic heterocycles. The molecule has 4 heteroatoms. The third-order valence-corrected chi connectivity index (χ3v) is 5.25. The van der Waals surface area contributed by atoms with Crippen molar-refractivity contribution >= 4 is 16.9 Å². The van der Waals surface area contributed by atoms with Crippen molar-refractivity contribution in [3.8, 4) is 0 Å². The number of carboxylic acid groups (broad SMARTS) is 1. The summed E-state index contributed by atoms with van der Waals surface area (Å²) < 4.78 is 15.4. The lowest BCUT2D eigenvalue weighted by molar-refractivity contribution is 0.0698. The Morgan fingerprint density at radius 2 is 2.00 bits per heavy atom. The Hall–Kier alpha value is -2.62. The fraction of sp³-hybridized carbons (Fsp3) is 0.286. The van der Waals surface area contributed by atoms with E-state index in [-0.39, 0.29) is 5.82 Å². The minimum atomic E-state index is -0.909. The van der Waals surface area contributed by atoms with Crippen LogP contribution >= 0.6 is 0 Å². The SMILES string of the molecule is CC1CCCc2c1n(Cc1ccc(F)cc1)c1c(C(=O)O)cccc21. The van der Waals surface area contributed by atoms with Gasteiger partial charge in [-0.15, -0.1) is 0 Å². The smallest absolute Gasteiger partial charge is 0.337 e. The topological polar surface area (TPSA) is 42.2 Å². The first-order valence-corrected chi connectivity index (χ1v) is 8.68. The van der Waals surface area contributed by atoms with E-state index in [9.17, 15) is 14.3 Å². The van der Waals surface area contributed by atoms with E-state index in [2.05, 4.69) is 11.5 Å². The van der Waals surface area contributed by atoms with Crippen LogP contribution in [-0.4, -0.2) is 15.6 Å². The van der Waals surface area contributed by atoms with Crippen LogP contribution < -0.4 is 0 Å². The molecule has 0 bridgehead atoms. The van der Waals surface area contributed by atoms with Gasteiger partial charge in [0.2, 0.25) is 0 Å². The van der Waals surface area contributed by atoms with Gasteiger partial charge in [-0.3, -0.25) is 0 Å². The van der Waals surface area contributed by atoms with Crippen LogP contribution in [0.15, 0.2) is 42.5 Å². The highest BCUT2D eigenvalue weighted by Gasteiger charge is 2.27. The lowest BCUT2D eigenvalue weighted by Gasteiger charge is -2.22. The molecule has 1 atom stereocenters. The van der Waals surface area contributed by atoms with Gasteiger partial charge in [0.15, 0.2) is 0 Å². The summed E-state index contributed by atoms with van der Waals surface area (Å²) in [6.45, 7) is 2.76. The van der Waals surface area contributed by atoms with Crippen LogP contribution in [0.25, 0.3) is 10.9 Å². The fourth-order valence-electron chi connectivity index (χ4n) is 4.16. The molecule has 0 fully saturated rings. The number of carboxylic acids is 1. The Morgan fingerprint density at radius 1 is 1.24 bits per heavy atom. The number of nitrogens with zero attached hydrogens (tertiary/aromatic N) is 1. The van der Waals surface area contributed by atoms with Gasteiger partial charge < -0.3 is 9.67 Å². The molecule has 25 heavy (non-hydrogen) atoms. The second-order valence-electron chi connectivity index (χ2n) is 6.88. The Balaban J connectivity index is 1.98. The van der Waals surface area contributed by atoms with Crippen molar-refractivity contribution in [1.29, 1.82) is 0 Å². The van der Waals surface area contributed by atoms with Crippen LogP contribution in [0.3, 0.4) is 0 Å². The van der Waals surface area contributed by atoms with Crippen LogP contribution in [0, 0.1) is 5.82 Å². The van der Waals surface area contributed by atoms with Gasteiger partial charge in [-0.1, -0.05) is 31.2 Å². The number of halogens is 1. The van der Waals surface area contributed by atoms with Crippen LogP contribution in [0.4, 0.5) is 4.39 Å². The third-order valence-electron chi connectivity index (χ3n) is 5.25. The number of benzene rings is 2. The first kappa shape index (κ1) is 15.9. The molecule has 0 spiro atoms. The van der Waals surface area contributed by atoms with Gasteiger partial charge in [-0.05, 0) is 54.5 Å². The van der Waals surface area contributed by atoms with Gasteiger partial charge in [0.25, 0.3) is 0 Å². The Kier molecular flexibility index (Phi) is 3.83. The number of aromatic nitrogens is 1. The van der Waals surface area contributed by atoms with Crippen molar-refractivity contribution in [2.75, 3.05) is 0 Å². The highest BCUT2D eigenvalue weighted by atomic mass is 19.1. The summed E-state index contributed by atoms with van der Waals surface area (Å²) in [7, 11) is 0. The molecule has 3 nitrogen and oxygen atoms in total. The Morgan fingerprint density at radius 3 is 2.72 bits per heavy atom. The van der Waals surface area contributed by atoms with Gasteiger partial charge in [0.05, 0.1) is 11.1 Å². The van der Waals surface area contributed by atoms with Gasteiger partial charge in [-0.2, -0.15) is 0 Å². The monoisotopic (exact) mass is 337 g/mol. The molecule has 1 aliphatic carbocycles. The van der Waals surface area contributed by atoms with Gasteiger partial charge in [-0.25, -0.2) is 9.18 Å². The zero-order chi connectivity index (χ0) is 17.6. The maximum Gasteiger partial charge on any atom is 0.337 e. The summed E-state index contributed by atoms with van der Waals surface area (Å²) in [4.78, 5) is 11.8. The normalized spacial score (nSPS) is 16.8. The summed E-state index contributed by atoms with van der Waals surface area (Å²) >= 11 is 0. The van der Waals surface area contributed by atoms with Crippen LogP contribution in [0.5, 0.6) is 0 Å².